The molecule has 3 rings (SSSR count). The summed E-state index contributed by atoms with van der Waals surface area (Å²) in [5.74, 6) is 0. The number of hydrogen-bond donors (Lipinski definition) is 1. The van der Waals surface area contributed by atoms with Crippen LogP contribution in [0, 0.1) is 6.92 Å². The lowest BCUT2D eigenvalue weighted by atomic mass is 10.1. The first-order valence-electron chi connectivity index (χ1n) is 7.59. The Morgan fingerprint density at radius 3 is 2.35 bits per heavy atom. The van der Waals surface area contributed by atoms with Gasteiger partial charge < -0.3 is 0 Å². The Kier molecular flexibility index (Phi) is 4.46. The molecule has 0 aliphatic heterocycles. The molecule has 1 N–H and O–H groups in total. The molecule has 3 nitrogen and oxygen atoms in total. The van der Waals surface area contributed by atoms with Gasteiger partial charge in [0.2, 0.25) is 10.0 Å². The maximum atomic E-state index is 12.4. The molecular weight excluding hydrogens is 306 g/mol. The van der Waals surface area contributed by atoms with Crippen molar-refractivity contribution in [1.29, 1.82) is 0 Å². The number of rotatable bonds is 5. The second kappa shape index (κ2) is 6.52. The van der Waals surface area contributed by atoms with Gasteiger partial charge in [0.1, 0.15) is 0 Å². The molecule has 0 saturated heterocycles. The zero-order valence-electron chi connectivity index (χ0n) is 13.0. The highest BCUT2D eigenvalue weighted by atomic mass is 32.2. The lowest BCUT2D eigenvalue weighted by Gasteiger charge is -2.08. The van der Waals surface area contributed by atoms with Gasteiger partial charge >= 0.3 is 0 Å². The maximum Gasteiger partial charge on any atom is 0.240 e. The van der Waals surface area contributed by atoms with Crippen molar-refractivity contribution in [2.75, 3.05) is 6.54 Å². The fourth-order valence-corrected chi connectivity index (χ4v) is 3.63. The van der Waals surface area contributed by atoms with Crippen LogP contribution in [0.3, 0.4) is 0 Å². The van der Waals surface area contributed by atoms with Crippen LogP contribution in [0.2, 0.25) is 0 Å². The Morgan fingerprint density at radius 2 is 1.57 bits per heavy atom. The summed E-state index contributed by atoms with van der Waals surface area (Å²) in [6.45, 7) is 2.41. The van der Waals surface area contributed by atoms with Crippen LogP contribution < -0.4 is 4.72 Å². The minimum absolute atomic E-state index is 0.307. The third-order valence-electron chi connectivity index (χ3n) is 3.83. The van der Waals surface area contributed by atoms with E-state index < -0.39 is 10.0 Å². The van der Waals surface area contributed by atoms with Crippen molar-refractivity contribution in [3.8, 4) is 0 Å². The van der Waals surface area contributed by atoms with Gasteiger partial charge in [0, 0.05) is 6.54 Å². The SMILES string of the molecule is Cc1ccc2cc(S(=O)(=O)NCCc3ccccc3)ccc2c1. The highest BCUT2D eigenvalue weighted by molar-refractivity contribution is 7.89. The summed E-state index contributed by atoms with van der Waals surface area (Å²) < 4.78 is 27.5. The molecule has 0 saturated carbocycles. The van der Waals surface area contributed by atoms with Crippen LogP contribution in [0.15, 0.2) is 71.6 Å². The molecule has 0 unspecified atom stereocenters. The lowest BCUT2D eigenvalue weighted by molar-refractivity contribution is 0.582. The first kappa shape index (κ1) is 15.7. The van der Waals surface area contributed by atoms with Crippen LogP contribution in [0.5, 0.6) is 0 Å². The number of hydrogen-bond acceptors (Lipinski definition) is 2. The Hall–Kier alpha value is -2.17. The van der Waals surface area contributed by atoms with E-state index in [1.54, 1.807) is 12.1 Å². The van der Waals surface area contributed by atoms with Crippen LogP contribution >= 0.6 is 0 Å². The number of fused-ring (bicyclic) bond motifs is 1. The molecule has 3 aromatic rings. The number of benzene rings is 3. The van der Waals surface area contributed by atoms with Gasteiger partial charge in [-0.2, -0.15) is 0 Å². The van der Waals surface area contributed by atoms with Gasteiger partial charge in [0.15, 0.2) is 0 Å². The molecule has 23 heavy (non-hydrogen) atoms. The molecule has 0 amide bonds. The second-order valence-corrected chi connectivity index (χ2v) is 7.41. The zero-order valence-corrected chi connectivity index (χ0v) is 13.8. The minimum atomic E-state index is -3.48. The predicted octanol–water partition coefficient (Wildman–Crippen LogP) is 3.67. The summed E-state index contributed by atoms with van der Waals surface area (Å²) in [5, 5.41) is 1.98. The Bertz CT molecular complexity index is 919. The molecular formula is C19H19NO2S. The fraction of sp³-hybridized carbons (Fsp3) is 0.158. The lowest BCUT2D eigenvalue weighted by Crippen LogP contribution is -2.25. The van der Waals surface area contributed by atoms with E-state index in [1.807, 2.05) is 55.5 Å². The van der Waals surface area contributed by atoms with Crippen molar-refractivity contribution in [3.05, 3.63) is 77.9 Å². The van der Waals surface area contributed by atoms with Crippen LogP contribution in [0.1, 0.15) is 11.1 Å². The van der Waals surface area contributed by atoms with E-state index in [-0.39, 0.29) is 0 Å². The van der Waals surface area contributed by atoms with Crippen LogP contribution in [-0.4, -0.2) is 15.0 Å². The molecule has 0 spiro atoms. The molecule has 3 aromatic carbocycles. The van der Waals surface area contributed by atoms with Gasteiger partial charge in [-0.3, -0.25) is 0 Å². The van der Waals surface area contributed by atoms with E-state index in [9.17, 15) is 8.42 Å². The molecule has 118 valence electrons. The van der Waals surface area contributed by atoms with Gasteiger partial charge in [0.05, 0.1) is 4.90 Å². The molecule has 0 radical (unpaired) electrons. The number of nitrogens with one attached hydrogen (secondary N) is 1. The van der Waals surface area contributed by atoms with E-state index in [2.05, 4.69) is 10.8 Å². The van der Waals surface area contributed by atoms with E-state index in [4.69, 9.17) is 0 Å². The monoisotopic (exact) mass is 325 g/mol. The highest BCUT2D eigenvalue weighted by Gasteiger charge is 2.13. The third-order valence-corrected chi connectivity index (χ3v) is 5.28. The second-order valence-electron chi connectivity index (χ2n) is 5.65. The smallest absolute Gasteiger partial charge is 0.211 e. The normalized spacial score (nSPS) is 11.7. The standard InChI is InChI=1S/C19H19NO2S/c1-15-7-8-18-14-19(10-9-17(18)13-15)23(21,22)20-12-11-16-5-3-2-4-6-16/h2-10,13-14,20H,11-12H2,1H3. The largest absolute Gasteiger partial charge is 0.240 e. The van der Waals surface area contributed by atoms with Crippen molar-refractivity contribution in [2.24, 2.45) is 0 Å². The number of aryl methyl sites for hydroxylation is 1. The van der Waals surface area contributed by atoms with Gasteiger partial charge in [-0.1, -0.05) is 60.2 Å². The van der Waals surface area contributed by atoms with Crippen molar-refractivity contribution < 1.29 is 8.42 Å². The van der Waals surface area contributed by atoms with E-state index >= 15 is 0 Å². The Labute approximate surface area is 137 Å². The Balaban J connectivity index is 1.75. The summed E-state index contributed by atoms with van der Waals surface area (Å²) in [6, 6.07) is 21.1. The highest BCUT2D eigenvalue weighted by Crippen LogP contribution is 2.20. The first-order chi connectivity index (χ1) is 11.0. The molecule has 0 atom stereocenters. The zero-order chi connectivity index (χ0) is 16.3. The molecule has 0 aliphatic rings. The average Bonchev–Trinajstić information content (AvgIpc) is 2.55. The van der Waals surface area contributed by atoms with Gasteiger partial charge in [-0.25, -0.2) is 13.1 Å². The minimum Gasteiger partial charge on any atom is -0.211 e. The molecule has 0 fully saturated rings. The predicted molar refractivity (Wildman–Crippen MR) is 94.0 cm³/mol. The topological polar surface area (TPSA) is 46.2 Å². The summed E-state index contributed by atoms with van der Waals surface area (Å²) in [5.41, 5.74) is 2.28. The fourth-order valence-electron chi connectivity index (χ4n) is 2.57. The molecule has 0 aliphatic carbocycles. The van der Waals surface area contributed by atoms with Crippen LogP contribution in [0.4, 0.5) is 0 Å². The molecule has 0 heterocycles. The Morgan fingerprint density at radius 1 is 0.870 bits per heavy atom. The van der Waals surface area contributed by atoms with E-state index in [0.29, 0.717) is 17.9 Å². The van der Waals surface area contributed by atoms with Gasteiger partial charge in [0.25, 0.3) is 0 Å². The first-order valence-corrected chi connectivity index (χ1v) is 9.07. The van der Waals surface area contributed by atoms with Crippen molar-refractivity contribution in [2.45, 2.75) is 18.2 Å². The molecule has 0 aromatic heterocycles. The van der Waals surface area contributed by atoms with Gasteiger partial charge in [-0.05, 0) is 41.8 Å². The summed E-state index contributed by atoms with van der Waals surface area (Å²) in [6.07, 6.45) is 0.673. The maximum absolute atomic E-state index is 12.4. The summed E-state index contributed by atoms with van der Waals surface area (Å²) >= 11 is 0. The van der Waals surface area contributed by atoms with Crippen molar-refractivity contribution in [1.82, 2.24) is 4.72 Å². The summed E-state index contributed by atoms with van der Waals surface area (Å²) in [7, 11) is -3.48. The van der Waals surface area contributed by atoms with Crippen molar-refractivity contribution in [3.63, 3.8) is 0 Å². The van der Waals surface area contributed by atoms with Crippen LogP contribution in [0.25, 0.3) is 10.8 Å². The average molecular weight is 325 g/mol. The quantitative estimate of drug-likeness (QED) is 0.778. The van der Waals surface area contributed by atoms with Crippen LogP contribution in [-0.2, 0) is 16.4 Å². The van der Waals surface area contributed by atoms with E-state index in [0.717, 1.165) is 21.9 Å². The third kappa shape index (κ3) is 3.78. The molecule has 0 bridgehead atoms. The van der Waals surface area contributed by atoms with E-state index in [1.165, 1.54) is 0 Å². The number of sulfonamides is 1. The summed E-state index contributed by atoms with van der Waals surface area (Å²) in [4.78, 5) is 0.307. The molecule has 4 heteroatoms. The van der Waals surface area contributed by atoms with Gasteiger partial charge in [-0.15, -0.1) is 0 Å². The van der Waals surface area contributed by atoms with Crippen molar-refractivity contribution >= 4 is 20.8 Å².